The molecule has 32 heavy (non-hydrogen) atoms. The average Bonchev–Trinajstić information content (AvgIpc) is 2.80. The Morgan fingerprint density at radius 1 is 0.812 bits per heavy atom. The van der Waals surface area contributed by atoms with E-state index in [0.717, 1.165) is 0 Å². The number of hydrogen-bond acceptors (Lipinski definition) is 5. The van der Waals surface area contributed by atoms with Crippen molar-refractivity contribution in [3.8, 4) is 0 Å². The third-order valence-electron chi connectivity index (χ3n) is 4.70. The van der Waals surface area contributed by atoms with Crippen molar-refractivity contribution in [1.82, 2.24) is 10.2 Å². The van der Waals surface area contributed by atoms with Gasteiger partial charge in [0.2, 0.25) is 0 Å². The van der Waals surface area contributed by atoms with Gasteiger partial charge in [-0.15, -0.1) is 0 Å². The Kier molecular flexibility index (Phi) is 9.85. The molecule has 0 aromatic heterocycles. The molecule has 0 heterocycles. The number of nitrogens with zero attached hydrogens (tertiary/aromatic N) is 1. The van der Waals surface area contributed by atoms with E-state index >= 15 is 0 Å². The normalized spacial score (nSPS) is 12.1. The maximum absolute atomic E-state index is 14.0. The van der Waals surface area contributed by atoms with Crippen molar-refractivity contribution in [1.29, 1.82) is 0 Å². The number of benzene rings is 2. The molecule has 0 radical (unpaired) electrons. The number of carbonyl (C=O) groups excluding carboxylic acids is 2. The summed E-state index contributed by atoms with van der Waals surface area (Å²) in [6, 6.07) is 17.3. The highest BCUT2D eigenvalue weighted by Crippen LogP contribution is 2.61. The fraction of sp³-hybridized carbons (Fsp3) is 0.333. The lowest BCUT2D eigenvalue weighted by Gasteiger charge is -2.27. The second-order valence-corrected chi connectivity index (χ2v) is 8.68. The number of nitrogens with one attached hydrogen (secondary N) is 1. The molecule has 172 valence electrons. The number of rotatable bonds is 11. The van der Waals surface area contributed by atoms with Crippen LogP contribution < -0.4 is 5.32 Å². The van der Waals surface area contributed by atoms with E-state index in [-0.39, 0.29) is 24.2 Å². The first-order valence-electron chi connectivity index (χ1n) is 10.8. The van der Waals surface area contributed by atoms with Crippen LogP contribution in [-0.2, 0) is 18.4 Å². The van der Waals surface area contributed by atoms with Gasteiger partial charge in [0.1, 0.15) is 11.0 Å². The van der Waals surface area contributed by atoms with Crippen molar-refractivity contribution in [2.45, 2.75) is 27.7 Å². The standard InChI is InChI=1S/C24H31N2O5P/c1-5-26(6-2)24(28)21(25-23(27)20-17-13-10-14-18-20)22(19-15-11-9-12-16-19)32(29,30-7-3)31-8-4/h9-18H,5-8H2,1-4H3,(H,25,27)/b22-21+. The van der Waals surface area contributed by atoms with Crippen LogP contribution in [-0.4, -0.2) is 43.0 Å². The van der Waals surface area contributed by atoms with Crippen LogP contribution in [0.15, 0.2) is 66.4 Å². The van der Waals surface area contributed by atoms with Gasteiger partial charge >= 0.3 is 7.60 Å². The van der Waals surface area contributed by atoms with Crippen LogP contribution in [0.1, 0.15) is 43.6 Å². The fourth-order valence-electron chi connectivity index (χ4n) is 3.20. The van der Waals surface area contributed by atoms with Crippen molar-refractivity contribution < 1.29 is 23.2 Å². The third kappa shape index (κ3) is 6.16. The molecule has 0 unspecified atom stereocenters. The first-order chi connectivity index (χ1) is 15.4. The van der Waals surface area contributed by atoms with Gasteiger partial charge in [0.15, 0.2) is 0 Å². The molecule has 0 fully saturated rings. The number of hydrogen-bond donors (Lipinski definition) is 1. The molecule has 0 saturated heterocycles. The van der Waals surface area contributed by atoms with E-state index in [2.05, 4.69) is 5.32 Å². The summed E-state index contributed by atoms with van der Waals surface area (Å²) in [6.45, 7) is 8.10. The molecule has 2 amide bonds. The van der Waals surface area contributed by atoms with Gasteiger partial charge in [-0.1, -0.05) is 48.5 Å². The zero-order valence-electron chi connectivity index (χ0n) is 19.0. The smallest absolute Gasteiger partial charge is 0.338 e. The van der Waals surface area contributed by atoms with Crippen molar-refractivity contribution in [2.75, 3.05) is 26.3 Å². The second kappa shape index (κ2) is 12.3. The molecule has 0 aliphatic carbocycles. The van der Waals surface area contributed by atoms with Gasteiger partial charge in [-0.2, -0.15) is 0 Å². The minimum Gasteiger partial charge on any atom is -0.338 e. The molecule has 0 aliphatic rings. The van der Waals surface area contributed by atoms with Gasteiger partial charge in [-0.25, -0.2) is 0 Å². The molecule has 1 N–H and O–H groups in total. The molecular weight excluding hydrogens is 427 g/mol. The Balaban J connectivity index is 2.80. The van der Waals surface area contributed by atoms with Crippen LogP contribution in [0.5, 0.6) is 0 Å². The summed E-state index contributed by atoms with van der Waals surface area (Å²) in [7, 11) is -3.95. The minimum atomic E-state index is -3.95. The predicted molar refractivity (Wildman–Crippen MR) is 126 cm³/mol. The summed E-state index contributed by atoms with van der Waals surface area (Å²) in [4.78, 5) is 28.2. The highest BCUT2D eigenvalue weighted by atomic mass is 31.2. The summed E-state index contributed by atoms with van der Waals surface area (Å²) in [5.74, 6) is -0.952. The van der Waals surface area contributed by atoms with Crippen LogP contribution in [0.4, 0.5) is 0 Å². The van der Waals surface area contributed by atoms with Gasteiger partial charge in [-0.05, 0) is 45.4 Å². The van der Waals surface area contributed by atoms with Crippen LogP contribution in [0, 0.1) is 0 Å². The maximum Gasteiger partial charge on any atom is 0.364 e. The molecule has 0 bridgehead atoms. The Bertz CT molecular complexity index is 962. The number of amides is 2. The molecule has 2 aromatic rings. The largest absolute Gasteiger partial charge is 0.364 e. The predicted octanol–water partition coefficient (Wildman–Crippen LogP) is 4.92. The van der Waals surface area contributed by atoms with Crippen LogP contribution in [0.25, 0.3) is 5.31 Å². The molecule has 0 saturated carbocycles. The van der Waals surface area contributed by atoms with Gasteiger partial charge in [0.05, 0.1) is 13.2 Å². The summed E-state index contributed by atoms with van der Waals surface area (Å²) in [5.41, 5.74) is 0.730. The monoisotopic (exact) mass is 458 g/mol. The molecule has 0 atom stereocenters. The average molecular weight is 458 g/mol. The molecule has 0 spiro atoms. The summed E-state index contributed by atoms with van der Waals surface area (Å²) in [6.07, 6.45) is 0. The van der Waals surface area contributed by atoms with Gasteiger partial charge in [0, 0.05) is 18.7 Å². The van der Waals surface area contributed by atoms with E-state index < -0.39 is 19.4 Å². The van der Waals surface area contributed by atoms with Gasteiger partial charge in [0.25, 0.3) is 11.8 Å². The van der Waals surface area contributed by atoms with Gasteiger partial charge < -0.3 is 19.3 Å². The quantitative estimate of drug-likeness (QED) is 0.382. The van der Waals surface area contributed by atoms with Crippen LogP contribution >= 0.6 is 7.60 Å². The minimum absolute atomic E-state index is 0.0444. The van der Waals surface area contributed by atoms with E-state index in [1.165, 1.54) is 0 Å². The molecule has 2 aromatic carbocycles. The van der Waals surface area contributed by atoms with E-state index in [9.17, 15) is 14.2 Å². The Hall–Kier alpha value is -2.73. The lowest BCUT2D eigenvalue weighted by atomic mass is 10.1. The van der Waals surface area contributed by atoms with Crippen molar-refractivity contribution in [3.63, 3.8) is 0 Å². The zero-order valence-corrected chi connectivity index (χ0v) is 19.9. The number of likely N-dealkylation sites (N-methyl/N-ethyl adjacent to an activating group) is 1. The molecule has 7 nitrogen and oxygen atoms in total. The van der Waals surface area contributed by atoms with Crippen LogP contribution in [0.2, 0.25) is 0 Å². The van der Waals surface area contributed by atoms with Crippen molar-refractivity contribution >= 4 is 24.7 Å². The first-order valence-corrected chi connectivity index (χ1v) is 12.3. The van der Waals surface area contributed by atoms with E-state index in [1.807, 2.05) is 19.9 Å². The summed E-state index contributed by atoms with van der Waals surface area (Å²) in [5, 5.41) is 2.76. The van der Waals surface area contributed by atoms with Crippen LogP contribution in [0.3, 0.4) is 0 Å². The highest BCUT2D eigenvalue weighted by molar-refractivity contribution is 7.65. The fourth-order valence-corrected chi connectivity index (χ4v) is 5.10. The molecular formula is C24H31N2O5P. The van der Waals surface area contributed by atoms with E-state index in [0.29, 0.717) is 24.2 Å². The zero-order chi connectivity index (χ0) is 23.6. The highest BCUT2D eigenvalue weighted by Gasteiger charge is 2.37. The Morgan fingerprint density at radius 2 is 1.28 bits per heavy atom. The molecule has 8 heteroatoms. The lowest BCUT2D eigenvalue weighted by molar-refractivity contribution is -0.127. The van der Waals surface area contributed by atoms with Crippen molar-refractivity contribution in [2.24, 2.45) is 0 Å². The maximum atomic E-state index is 14.0. The summed E-state index contributed by atoms with van der Waals surface area (Å²) >= 11 is 0. The lowest BCUT2D eigenvalue weighted by Crippen LogP contribution is -2.39. The SMILES string of the molecule is CCOP(=O)(OCC)/C(=C(/NC(=O)c1ccccc1)C(=O)N(CC)CC)c1ccccc1. The van der Waals surface area contributed by atoms with E-state index in [4.69, 9.17) is 9.05 Å². The third-order valence-corrected chi connectivity index (χ3v) is 6.92. The number of carbonyl (C=O) groups is 2. The van der Waals surface area contributed by atoms with E-state index in [1.54, 1.807) is 73.3 Å². The summed E-state index contributed by atoms with van der Waals surface area (Å²) < 4.78 is 25.2. The second-order valence-electron chi connectivity index (χ2n) is 6.72. The first kappa shape index (κ1) is 25.5. The molecule has 2 rings (SSSR count). The molecule has 0 aliphatic heterocycles. The van der Waals surface area contributed by atoms with Crippen molar-refractivity contribution in [3.05, 3.63) is 77.5 Å². The Morgan fingerprint density at radius 3 is 1.72 bits per heavy atom. The Labute approximate surface area is 190 Å². The van der Waals surface area contributed by atoms with Gasteiger partial charge in [-0.3, -0.25) is 14.2 Å². The topological polar surface area (TPSA) is 84.9 Å².